The Kier molecular flexibility index (Phi) is 4.92. The number of fused-ring (bicyclic) bond motifs is 8. The maximum Gasteiger partial charge on any atom is 0.135 e. The van der Waals surface area contributed by atoms with Crippen molar-refractivity contribution in [3.63, 3.8) is 0 Å². The molecule has 0 spiro atoms. The maximum atomic E-state index is 6.09. The molecule has 0 fully saturated rings. The molecule has 0 bridgehead atoms. The summed E-state index contributed by atoms with van der Waals surface area (Å²) in [6.45, 7) is 4.72. The van der Waals surface area contributed by atoms with Crippen LogP contribution in [0.5, 0.6) is 0 Å². The Hall–Kier alpha value is -4.73. The standard InChI is InChI=1S/C39H26O2S/c1-39(2)31-21-25(23-11-15-35-29(19-23)27-7-3-5-9-33(27)40-35)13-17-37(31)42-38-18-14-26(22-32(38)39)24-12-16-36-30(20-24)28-8-4-6-10-34(28)41-36/h3-22H,1-2H3. The van der Waals surface area contributed by atoms with Gasteiger partial charge in [0.1, 0.15) is 22.3 Å². The van der Waals surface area contributed by atoms with Crippen LogP contribution in [0.4, 0.5) is 0 Å². The summed E-state index contributed by atoms with van der Waals surface area (Å²) in [5, 5.41) is 4.64. The van der Waals surface area contributed by atoms with E-state index in [9.17, 15) is 0 Å². The van der Waals surface area contributed by atoms with Gasteiger partial charge in [-0.1, -0.05) is 86.3 Å². The average molecular weight is 559 g/mol. The third-order valence-corrected chi connectivity index (χ3v) is 10.1. The molecule has 3 heterocycles. The Balaban J connectivity index is 1.14. The predicted octanol–water partition coefficient (Wildman–Crippen LogP) is 11.6. The van der Waals surface area contributed by atoms with Crippen molar-refractivity contribution in [1.29, 1.82) is 0 Å². The van der Waals surface area contributed by atoms with E-state index in [-0.39, 0.29) is 5.41 Å². The molecule has 0 unspecified atom stereocenters. The minimum absolute atomic E-state index is 0.152. The summed E-state index contributed by atoms with van der Waals surface area (Å²) in [6.07, 6.45) is 0. The van der Waals surface area contributed by atoms with Gasteiger partial charge in [-0.25, -0.2) is 0 Å². The fraction of sp³-hybridized carbons (Fsp3) is 0.0769. The summed E-state index contributed by atoms with van der Waals surface area (Å²) >= 11 is 1.87. The molecule has 8 aromatic rings. The van der Waals surface area contributed by atoms with Crippen molar-refractivity contribution in [1.82, 2.24) is 0 Å². The molecular weight excluding hydrogens is 532 g/mol. The Morgan fingerprint density at radius 1 is 0.429 bits per heavy atom. The first kappa shape index (κ1) is 23.9. The molecule has 0 aliphatic carbocycles. The highest BCUT2D eigenvalue weighted by Gasteiger charge is 2.33. The second kappa shape index (κ2) is 8.64. The van der Waals surface area contributed by atoms with Gasteiger partial charge in [0.05, 0.1) is 0 Å². The Bertz CT molecular complexity index is 2200. The topological polar surface area (TPSA) is 26.3 Å². The summed E-state index contributed by atoms with van der Waals surface area (Å²) < 4.78 is 12.2. The van der Waals surface area contributed by atoms with Gasteiger partial charge in [-0.3, -0.25) is 0 Å². The van der Waals surface area contributed by atoms with E-state index in [0.717, 1.165) is 43.9 Å². The first-order valence-electron chi connectivity index (χ1n) is 14.3. The number of benzene rings is 6. The van der Waals surface area contributed by atoms with Crippen LogP contribution in [0.3, 0.4) is 0 Å². The minimum atomic E-state index is -0.152. The average Bonchev–Trinajstić information content (AvgIpc) is 3.58. The number of rotatable bonds is 2. The van der Waals surface area contributed by atoms with E-state index in [1.54, 1.807) is 0 Å². The van der Waals surface area contributed by atoms with Gasteiger partial charge < -0.3 is 8.83 Å². The van der Waals surface area contributed by atoms with E-state index in [2.05, 4.69) is 111 Å². The Labute approximate surface area is 247 Å². The lowest BCUT2D eigenvalue weighted by Crippen LogP contribution is -2.23. The van der Waals surface area contributed by atoms with Crippen LogP contribution < -0.4 is 0 Å². The van der Waals surface area contributed by atoms with Gasteiger partial charge in [-0.05, 0) is 94.0 Å². The van der Waals surface area contributed by atoms with Gasteiger partial charge in [0, 0.05) is 36.8 Å². The van der Waals surface area contributed by atoms with Gasteiger partial charge in [-0.2, -0.15) is 0 Å². The third kappa shape index (κ3) is 3.47. The second-order valence-corrected chi connectivity index (χ2v) is 12.9. The lowest BCUT2D eigenvalue weighted by atomic mass is 9.76. The van der Waals surface area contributed by atoms with Crippen LogP contribution in [0.25, 0.3) is 66.1 Å². The van der Waals surface area contributed by atoms with Crippen molar-refractivity contribution in [2.45, 2.75) is 29.1 Å². The van der Waals surface area contributed by atoms with Gasteiger partial charge >= 0.3 is 0 Å². The fourth-order valence-electron chi connectivity index (χ4n) is 6.65. The van der Waals surface area contributed by atoms with E-state index >= 15 is 0 Å². The normalized spacial score (nSPS) is 14.0. The van der Waals surface area contributed by atoms with Gasteiger partial charge in [0.15, 0.2) is 0 Å². The summed E-state index contributed by atoms with van der Waals surface area (Å²) in [5.74, 6) is 0. The fourth-order valence-corrected chi connectivity index (χ4v) is 8.01. The summed E-state index contributed by atoms with van der Waals surface area (Å²) in [4.78, 5) is 2.65. The molecule has 3 heteroatoms. The van der Waals surface area contributed by atoms with Crippen molar-refractivity contribution in [2.24, 2.45) is 0 Å². The van der Waals surface area contributed by atoms with Gasteiger partial charge in [-0.15, -0.1) is 0 Å². The molecule has 200 valence electrons. The van der Waals surface area contributed by atoms with Crippen LogP contribution in [0, 0.1) is 0 Å². The van der Waals surface area contributed by atoms with Crippen LogP contribution >= 0.6 is 11.8 Å². The molecule has 2 aromatic heterocycles. The van der Waals surface area contributed by atoms with Crippen LogP contribution in [-0.2, 0) is 5.41 Å². The zero-order valence-electron chi connectivity index (χ0n) is 23.3. The number of hydrogen-bond donors (Lipinski definition) is 0. The largest absolute Gasteiger partial charge is 0.456 e. The lowest BCUT2D eigenvalue weighted by molar-refractivity contribution is 0.608. The summed E-state index contributed by atoms with van der Waals surface area (Å²) in [5.41, 5.74) is 11.2. The third-order valence-electron chi connectivity index (χ3n) is 8.95. The van der Waals surface area contributed by atoms with E-state index < -0.39 is 0 Å². The zero-order chi connectivity index (χ0) is 28.0. The molecule has 2 nitrogen and oxygen atoms in total. The Morgan fingerprint density at radius 3 is 1.33 bits per heavy atom. The minimum Gasteiger partial charge on any atom is -0.456 e. The highest BCUT2D eigenvalue weighted by Crippen LogP contribution is 2.51. The maximum absolute atomic E-state index is 6.09. The molecule has 0 atom stereocenters. The van der Waals surface area contributed by atoms with Crippen molar-refractivity contribution in [3.05, 3.63) is 132 Å². The van der Waals surface area contributed by atoms with Crippen LogP contribution in [0.15, 0.2) is 140 Å². The molecule has 1 aliphatic rings. The molecule has 9 rings (SSSR count). The zero-order valence-corrected chi connectivity index (χ0v) is 24.1. The molecular formula is C39H26O2S. The van der Waals surface area contributed by atoms with Crippen molar-refractivity contribution in [2.75, 3.05) is 0 Å². The highest BCUT2D eigenvalue weighted by atomic mass is 32.2. The molecule has 1 aliphatic heterocycles. The predicted molar refractivity (Wildman–Crippen MR) is 175 cm³/mol. The quantitative estimate of drug-likeness (QED) is 0.211. The first-order chi connectivity index (χ1) is 20.5. The highest BCUT2D eigenvalue weighted by molar-refractivity contribution is 7.99. The lowest BCUT2D eigenvalue weighted by Gasteiger charge is -2.35. The number of furan rings is 2. The van der Waals surface area contributed by atoms with E-state index in [1.807, 2.05) is 36.0 Å². The summed E-state index contributed by atoms with van der Waals surface area (Å²) in [7, 11) is 0. The van der Waals surface area contributed by atoms with Crippen molar-refractivity contribution < 1.29 is 8.83 Å². The molecule has 42 heavy (non-hydrogen) atoms. The van der Waals surface area contributed by atoms with Gasteiger partial charge in [0.2, 0.25) is 0 Å². The van der Waals surface area contributed by atoms with E-state index in [1.165, 1.54) is 43.2 Å². The smallest absolute Gasteiger partial charge is 0.135 e. The Morgan fingerprint density at radius 2 is 0.833 bits per heavy atom. The molecule has 0 saturated carbocycles. The SMILES string of the molecule is CC1(C)c2cc(-c3ccc4oc5ccccc5c4c3)ccc2Sc2ccc(-c3ccc4oc5ccccc5c4c3)cc21. The second-order valence-electron chi connectivity index (χ2n) is 11.8. The molecule has 0 saturated heterocycles. The molecule has 0 amide bonds. The first-order valence-corrected chi connectivity index (χ1v) is 15.1. The van der Waals surface area contributed by atoms with Crippen LogP contribution in [0.1, 0.15) is 25.0 Å². The van der Waals surface area contributed by atoms with E-state index in [0.29, 0.717) is 0 Å². The monoisotopic (exact) mass is 558 g/mol. The van der Waals surface area contributed by atoms with Gasteiger partial charge in [0.25, 0.3) is 0 Å². The van der Waals surface area contributed by atoms with Crippen molar-refractivity contribution in [3.8, 4) is 22.3 Å². The van der Waals surface area contributed by atoms with Crippen LogP contribution in [-0.4, -0.2) is 0 Å². The van der Waals surface area contributed by atoms with Crippen LogP contribution in [0.2, 0.25) is 0 Å². The molecule has 6 aromatic carbocycles. The van der Waals surface area contributed by atoms with Crippen molar-refractivity contribution >= 4 is 55.6 Å². The number of para-hydroxylation sites is 2. The molecule has 0 radical (unpaired) electrons. The summed E-state index contributed by atoms with van der Waals surface area (Å²) in [6, 6.07) is 43.5. The molecule has 0 N–H and O–H groups in total. The number of hydrogen-bond acceptors (Lipinski definition) is 3. The van der Waals surface area contributed by atoms with E-state index in [4.69, 9.17) is 8.83 Å².